The van der Waals surface area contributed by atoms with E-state index in [1.165, 1.54) is 12.1 Å². The minimum Gasteiger partial charge on any atom is -0.341 e. The van der Waals surface area contributed by atoms with E-state index in [2.05, 4.69) is 10.2 Å². The number of hydrogen-bond donors (Lipinski definition) is 0. The van der Waals surface area contributed by atoms with E-state index < -0.39 is 5.41 Å². The molecule has 1 atom stereocenters. The van der Waals surface area contributed by atoms with Crippen LogP contribution in [-0.4, -0.2) is 38.5 Å². The van der Waals surface area contributed by atoms with Crippen LogP contribution in [0.15, 0.2) is 48.7 Å². The van der Waals surface area contributed by atoms with Gasteiger partial charge in [-0.2, -0.15) is 0 Å². The topological polar surface area (TPSA) is 50.5 Å². The fourth-order valence-corrected chi connectivity index (χ4v) is 4.33. The molecule has 1 saturated carbocycles. The Labute approximate surface area is 156 Å². The van der Waals surface area contributed by atoms with Crippen LogP contribution in [0.1, 0.15) is 43.0 Å². The minimum absolute atomic E-state index is 0.174. The molecule has 0 N–H and O–H groups in total. The molecule has 3 aromatic rings. The lowest BCUT2D eigenvalue weighted by Crippen LogP contribution is -2.44. The fraction of sp³-hybridized carbons (Fsp3) is 0.381. The molecule has 5 nitrogen and oxygen atoms in total. The quantitative estimate of drug-likeness (QED) is 0.716. The minimum atomic E-state index is -0.456. The van der Waals surface area contributed by atoms with Gasteiger partial charge in [-0.3, -0.25) is 9.20 Å². The second kappa shape index (κ2) is 6.15. The normalized spacial score (nSPS) is 21.4. The van der Waals surface area contributed by atoms with Gasteiger partial charge >= 0.3 is 0 Å². The highest BCUT2D eigenvalue weighted by Gasteiger charge is 2.53. The summed E-state index contributed by atoms with van der Waals surface area (Å²) >= 11 is 0. The molecular weight excluding hydrogens is 343 g/mol. The van der Waals surface area contributed by atoms with E-state index >= 15 is 0 Å². The van der Waals surface area contributed by atoms with Crippen molar-refractivity contribution in [1.82, 2.24) is 19.5 Å². The lowest BCUT2D eigenvalue weighted by atomic mass is 9.91. The highest BCUT2D eigenvalue weighted by molar-refractivity contribution is 5.91. The van der Waals surface area contributed by atoms with Crippen molar-refractivity contribution in [3.05, 3.63) is 65.9 Å². The van der Waals surface area contributed by atoms with Crippen LogP contribution < -0.4 is 0 Å². The molecule has 0 spiro atoms. The molecule has 2 fully saturated rings. The number of halogens is 1. The zero-order valence-electron chi connectivity index (χ0n) is 15.0. The molecule has 3 heterocycles. The van der Waals surface area contributed by atoms with Crippen LogP contribution in [0.2, 0.25) is 0 Å². The van der Waals surface area contributed by atoms with E-state index in [1.807, 2.05) is 33.7 Å². The summed E-state index contributed by atoms with van der Waals surface area (Å²) in [6.07, 6.45) is 5.62. The van der Waals surface area contributed by atoms with Crippen molar-refractivity contribution in [2.75, 3.05) is 13.1 Å². The van der Waals surface area contributed by atoms with E-state index in [4.69, 9.17) is 0 Å². The number of nitrogens with zero attached hydrogens (tertiary/aromatic N) is 4. The van der Waals surface area contributed by atoms with E-state index in [9.17, 15) is 9.18 Å². The van der Waals surface area contributed by atoms with Gasteiger partial charge in [-0.25, -0.2) is 4.39 Å². The Morgan fingerprint density at radius 3 is 2.70 bits per heavy atom. The van der Waals surface area contributed by atoms with Crippen molar-refractivity contribution in [3.8, 4) is 0 Å². The van der Waals surface area contributed by atoms with Crippen LogP contribution in [0, 0.1) is 5.82 Å². The zero-order chi connectivity index (χ0) is 18.4. The maximum absolute atomic E-state index is 13.3. The summed E-state index contributed by atoms with van der Waals surface area (Å²) in [6.45, 7) is 1.44. The highest BCUT2D eigenvalue weighted by atomic mass is 19.1. The number of amides is 1. The Hall–Kier alpha value is -2.76. The highest BCUT2D eigenvalue weighted by Crippen LogP contribution is 2.50. The molecule has 1 unspecified atom stereocenters. The first kappa shape index (κ1) is 16.4. The zero-order valence-corrected chi connectivity index (χ0v) is 15.0. The molecule has 6 heteroatoms. The lowest BCUT2D eigenvalue weighted by Gasteiger charge is -2.34. The van der Waals surface area contributed by atoms with Crippen LogP contribution >= 0.6 is 0 Å². The average molecular weight is 364 g/mol. The van der Waals surface area contributed by atoms with Crippen molar-refractivity contribution in [3.63, 3.8) is 0 Å². The van der Waals surface area contributed by atoms with Crippen molar-refractivity contribution in [1.29, 1.82) is 0 Å². The average Bonchev–Trinajstić information content (AvgIpc) is 3.40. The molecule has 5 rings (SSSR count). The van der Waals surface area contributed by atoms with Gasteiger partial charge in [-0.05, 0) is 55.5 Å². The molecule has 2 aromatic heterocycles. The van der Waals surface area contributed by atoms with Gasteiger partial charge in [0.2, 0.25) is 5.91 Å². The van der Waals surface area contributed by atoms with Crippen LogP contribution in [-0.2, 0) is 10.2 Å². The third-order valence-corrected chi connectivity index (χ3v) is 5.97. The number of carbonyl (C=O) groups excluding carboxylic acids is 1. The lowest BCUT2D eigenvalue weighted by molar-refractivity contribution is -0.135. The van der Waals surface area contributed by atoms with Gasteiger partial charge in [0.1, 0.15) is 11.6 Å². The monoisotopic (exact) mass is 364 g/mol. The van der Waals surface area contributed by atoms with Gasteiger partial charge in [-0.15, -0.1) is 10.2 Å². The number of pyridine rings is 1. The maximum atomic E-state index is 13.3. The molecule has 138 valence electrons. The Bertz CT molecular complexity index is 993. The van der Waals surface area contributed by atoms with Crippen LogP contribution in [0.5, 0.6) is 0 Å². The third-order valence-electron chi connectivity index (χ3n) is 5.97. The number of aromatic nitrogens is 3. The van der Waals surface area contributed by atoms with Gasteiger partial charge in [0.25, 0.3) is 0 Å². The van der Waals surface area contributed by atoms with Crippen molar-refractivity contribution in [2.24, 2.45) is 0 Å². The summed E-state index contributed by atoms with van der Waals surface area (Å²) in [5, 5.41) is 8.65. The number of likely N-dealkylation sites (tertiary alicyclic amines) is 1. The van der Waals surface area contributed by atoms with Crippen LogP contribution in [0.25, 0.3) is 5.65 Å². The number of carbonyl (C=O) groups is 1. The summed E-state index contributed by atoms with van der Waals surface area (Å²) in [7, 11) is 0. The maximum Gasteiger partial charge on any atom is 0.233 e. The second-order valence-electron chi connectivity index (χ2n) is 7.67. The molecule has 0 radical (unpaired) electrons. The fourth-order valence-electron chi connectivity index (χ4n) is 4.33. The Morgan fingerprint density at radius 1 is 1.11 bits per heavy atom. The van der Waals surface area contributed by atoms with E-state index in [-0.39, 0.29) is 17.6 Å². The summed E-state index contributed by atoms with van der Waals surface area (Å²) in [5.41, 5.74) is 1.31. The van der Waals surface area contributed by atoms with Crippen molar-refractivity contribution in [2.45, 2.75) is 37.0 Å². The first-order chi connectivity index (χ1) is 13.2. The van der Waals surface area contributed by atoms with Crippen LogP contribution in [0.4, 0.5) is 4.39 Å². The van der Waals surface area contributed by atoms with Crippen LogP contribution in [0.3, 0.4) is 0 Å². The van der Waals surface area contributed by atoms with Gasteiger partial charge in [0.05, 0.1) is 5.41 Å². The molecule has 1 saturated heterocycles. The summed E-state index contributed by atoms with van der Waals surface area (Å²) in [5.74, 6) is 1.02. The molecule has 27 heavy (non-hydrogen) atoms. The number of rotatable bonds is 3. The van der Waals surface area contributed by atoms with E-state index in [1.54, 1.807) is 12.1 Å². The number of fused-ring (bicyclic) bond motifs is 1. The van der Waals surface area contributed by atoms with Crippen molar-refractivity contribution < 1.29 is 9.18 Å². The Balaban J connectivity index is 1.39. The van der Waals surface area contributed by atoms with E-state index in [0.29, 0.717) is 6.54 Å². The predicted molar refractivity (Wildman–Crippen MR) is 98.9 cm³/mol. The number of hydrogen-bond acceptors (Lipinski definition) is 3. The van der Waals surface area contributed by atoms with E-state index in [0.717, 1.165) is 49.3 Å². The standard InChI is InChI=1S/C21H21FN4O/c22-17-8-6-16(7-9-17)21(10-11-21)20(27)25-12-3-4-15(14-25)19-24-23-18-5-1-2-13-26(18)19/h1-2,5-9,13,15H,3-4,10-12,14H2. The van der Waals surface area contributed by atoms with Gasteiger partial charge in [0.15, 0.2) is 5.65 Å². The van der Waals surface area contributed by atoms with Gasteiger partial charge < -0.3 is 4.90 Å². The second-order valence-corrected chi connectivity index (χ2v) is 7.67. The van der Waals surface area contributed by atoms with Crippen molar-refractivity contribution >= 4 is 11.6 Å². The predicted octanol–water partition coefficient (Wildman–Crippen LogP) is 3.31. The molecule has 2 aliphatic rings. The first-order valence-electron chi connectivity index (χ1n) is 9.52. The Kier molecular flexibility index (Phi) is 3.74. The van der Waals surface area contributed by atoms with Gasteiger partial charge in [0, 0.05) is 25.2 Å². The summed E-state index contributed by atoms with van der Waals surface area (Å²) in [6, 6.07) is 12.3. The summed E-state index contributed by atoms with van der Waals surface area (Å²) in [4.78, 5) is 15.3. The summed E-state index contributed by atoms with van der Waals surface area (Å²) < 4.78 is 15.3. The smallest absolute Gasteiger partial charge is 0.233 e. The molecule has 1 amide bonds. The molecular formula is C21H21FN4O. The Morgan fingerprint density at radius 2 is 1.93 bits per heavy atom. The van der Waals surface area contributed by atoms with Gasteiger partial charge in [-0.1, -0.05) is 18.2 Å². The molecule has 0 bridgehead atoms. The molecule has 1 aliphatic heterocycles. The SMILES string of the molecule is O=C(N1CCCC(c2nnc3ccccn23)C1)C1(c2ccc(F)cc2)CC1. The number of piperidine rings is 1. The molecule has 1 aromatic carbocycles. The third kappa shape index (κ3) is 2.71. The number of benzene rings is 1. The molecule has 1 aliphatic carbocycles. The first-order valence-corrected chi connectivity index (χ1v) is 9.52. The largest absolute Gasteiger partial charge is 0.341 e.